The summed E-state index contributed by atoms with van der Waals surface area (Å²) in [6.45, 7) is 8.72. The lowest BCUT2D eigenvalue weighted by molar-refractivity contribution is -0.121. The summed E-state index contributed by atoms with van der Waals surface area (Å²) in [7, 11) is -2.50. The topological polar surface area (TPSA) is 148 Å². The van der Waals surface area contributed by atoms with Crippen LogP contribution in [0.4, 0.5) is 10.5 Å². The smallest absolute Gasteiger partial charge is 0.318 e. The normalized spacial score (nSPS) is 20.5. The van der Waals surface area contributed by atoms with Crippen molar-refractivity contribution in [2.75, 3.05) is 63.8 Å². The van der Waals surface area contributed by atoms with E-state index in [1.807, 2.05) is 0 Å². The maximum atomic E-state index is 15.1. The van der Waals surface area contributed by atoms with Crippen LogP contribution in [-0.2, 0) is 20.4 Å². The SMILES string of the molecule is CCOc1ccccc1S(=O)(=O)N1C(=O)C(NC(=O)N2CCC(N3CCN(C)CC3)CC2)(c2cccnc2OCC)c2cc(C#N)ccc21. The molecule has 2 aromatic carbocycles. The number of aromatic nitrogens is 1. The van der Waals surface area contributed by atoms with Gasteiger partial charge >= 0.3 is 6.03 Å². The van der Waals surface area contributed by atoms with Crippen molar-refractivity contribution in [1.82, 2.24) is 25.0 Å². The molecule has 0 bridgehead atoms. The number of piperidine rings is 1. The highest BCUT2D eigenvalue weighted by Crippen LogP contribution is 2.49. The number of benzene rings is 2. The maximum Gasteiger partial charge on any atom is 0.318 e. The molecule has 6 rings (SSSR count). The lowest BCUT2D eigenvalue weighted by Gasteiger charge is -2.42. The molecular formula is C35H41N7O6S. The largest absolute Gasteiger partial charge is 0.492 e. The highest BCUT2D eigenvalue weighted by molar-refractivity contribution is 7.93. The van der Waals surface area contributed by atoms with Gasteiger partial charge in [0.05, 0.1) is 36.1 Å². The molecule has 13 nitrogen and oxygen atoms in total. The number of anilines is 1. The molecule has 4 heterocycles. The Balaban J connectivity index is 1.45. The molecule has 2 saturated heterocycles. The van der Waals surface area contributed by atoms with Gasteiger partial charge in [-0.15, -0.1) is 0 Å². The number of rotatable bonds is 9. The Bertz CT molecular complexity index is 1870. The van der Waals surface area contributed by atoms with Crippen LogP contribution in [0.5, 0.6) is 11.6 Å². The molecule has 2 fully saturated rings. The van der Waals surface area contributed by atoms with E-state index in [0.29, 0.717) is 23.4 Å². The van der Waals surface area contributed by atoms with Crippen LogP contribution >= 0.6 is 0 Å². The van der Waals surface area contributed by atoms with Crippen LogP contribution in [0, 0.1) is 11.3 Å². The lowest BCUT2D eigenvalue weighted by atomic mass is 9.83. The van der Waals surface area contributed by atoms with Crippen LogP contribution < -0.4 is 19.1 Å². The first-order valence-corrected chi connectivity index (χ1v) is 18.0. The average molecular weight is 688 g/mol. The van der Waals surface area contributed by atoms with E-state index in [4.69, 9.17) is 9.47 Å². The summed E-state index contributed by atoms with van der Waals surface area (Å²) in [5.41, 5.74) is -1.68. The first kappa shape index (κ1) is 34.2. The third-order valence-corrected chi connectivity index (χ3v) is 11.2. The fourth-order valence-corrected chi connectivity index (χ4v) is 8.57. The number of hydrogen-bond acceptors (Lipinski definition) is 10. The number of likely N-dealkylation sites (N-methyl/N-ethyl adjacent to an activating group) is 1. The van der Waals surface area contributed by atoms with Crippen molar-refractivity contribution in [3.05, 3.63) is 77.5 Å². The fraction of sp³-hybridized carbons (Fsp3) is 0.429. The molecule has 3 aromatic rings. The molecule has 3 amide bonds. The van der Waals surface area contributed by atoms with E-state index in [2.05, 4.69) is 33.2 Å². The van der Waals surface area contributed by atoms with Crippen molar-refractivity contribution in [1.29, 1.82) is 5.26 Å². The lowest BCUT2D eigenvalue weighted by Crippen LogP contribution is -2.59. The number of fused-ring (bicyclic) bond motifs is 1. The molecule has 49 heavy (non-hydrogen) atoms. The Hall–Kier alpha value is -4.71. The number of carbonyl (C=O) groups is 2. The molecular weight excluding hydrogens is 646 g/mol. The van der Waals surface area contributed by atoms with Gasteiger partial charge in [0, 0.05) is 57.1 Å². The van der Waals surface area contributed by atoms with Gasteiger partial charge in [-0.05, 0) is 76.2 Å². The van der Waals surface area contributed by atoms with Crippen molar-refractivity contribution in [2.45, 2.75) is 43.2 Å². The Kier molecular flexibility index (Phi) is 9.78. The molecule has 0 radical (unpaired) electrons. The van der Waals surface area contributed by atoms with Gasteiger partial charge in [0.15, 0.2) is 5.54 Å². The number of ether oxygens (including phenoxy) is 2. The van der Waals surface area contributed by atoms with Gasteiger partial charge in [0.2, 0.25) is 5.88 Å². The molecule has 258 valence electrons. The van der Waals surface area contributed by atoms with Gasteiger partial charge in [0.1, 0.15) is 10.6 Å². The quantitative estimate of drug-likeness (QED) is 0.356. The number of pyridine rings is 1. The van der Waals surface area contributed by atoms with Gasteiger partial charge in [-0.3, -0.25) is 9.69 Å². The number of sulfonamides is 1. The predicted octanol–water partition coefficient (Wildman–Crippen LogP) is 3.15. The second kappa shape index (κ2) is 14.0. The van der Waals surface area contributed by atoms with E-state index in [9.17, 15) is 18.5 Å². The minimum absolute atomic E-state index is 0.00400. The number of piperazine rings is 1. The Labute approximate surface area is 287 Å². The monoisotopic (exact) mass is 687 g/mol. The van der Waals surface area contributed by atoms with Crippen LogP contribution in [0.2, 0.25) is 0 Å². The number of nitriles is 1. The summed E-state index contributed by atoms with van der Waals surface area (Å²) < 4.78 is 41.4. The first-order valence-electron chi connectivity index (χ1n) is 16.6. The second-order valence-electron chi connectivity index (χ2n) is 12.3. The molecule has 1 atom stereocenters. The van der Waals surface area contributed by atoms with Crippen LogP contribution in [0.3, 0.4) is 0 Å². The molecule has 0 saturated carbocycles. The minimum Gasteiger partial charge on any atom is -0.492 e. The van der Waals surface area contributed by atoms with Gasteiger partial charge < -0.3 is 24.6 Å². The summed E-state index contributed by atoms with van der Waals surface area (Å²) >= 11 is 0. The molecule has 1 unspecified atom stereocenters. The molecule has 1 aromatic heterocycles. The summed E-state index contributed by atoms with van der Waals surface area (Å²) in [4.78, 5) is 40.1. The van der Waals surface area contributed by atoms with Gasteiger partial charge in [0.25, 0.3) is 15.9 Å². The number of carbonyl (C=O) groups excluding carboxylic acids is 2. The first-order chi connectivity index (χ1) is 23.6. The van der Waals surface area contributed by atoms with E-state index in [1.165, 1.54) is 36.5 Å². The number of nitrogens with one attached hydrogen (secondary N) is 1. The fourth-order valence-electron chi connectivity index (χ4n) is 6.97. The highest BCUT2D eigenvalue weighted by atomic mass is 32.2. The zero-order valence-electron chi connectivity index (χ0n) is 28.0. The maximum absolute atomic E-state index is 15.1. The van der Waals surface area contributed by atoms with Gasteiger partial charge in [-0.2, -0.15) is 9.57 Å². The molecule has 1 N–H and O–H groups in total. The van der Waals surface area contributed by atoms with Crippen molar-refractivity contribution < 1.29 is 27.5 Å². The summed E-state index contributed by atoms with van der Waals surface area (Å²) in [5.74, 6) is -0.831. The predicted molar refractivity (Wildman–Crippen MR) is 182 cm³/mol. The summed E-state index contributed by atoms with van der Waals surface area (Å²) in [5, 5.41) is 12.9. The zero-order valence-corrected chi connectivity index (χ0v) is 28.8. The molecule has 0 aliphatic carbocycles. The van der Waals surface area contributed by atoms with Crippen molar-refractivity contribution >= 4 is 27.6 Å². The number of amides is 3. The van der Waals surface area contributed by atoms with Crippen LogP contribution in [0.25, 0.3) is 0 Å². The Morgan fingerprint density at radius 2 is 1.69 bits per heavy atom. The van der Waals surface area contributed by atoms with Crippen LogP contribution in [0.15, 0.2) is 65.7 Å². The second-order valence-corrected chi connectivity index (χ2v) is 14.1. The highest BCUT2D eigenvalue weighted by Gasteiger charge is 2.59. The molecule has 0 spiro atoms. The van der Waals surface area contributed by atoms with Crippen molar-refractivity contribution in [2.24, 2.45) is 0 Å². The number of nitrogens with zero attached hydrogens (tertiary/aromatic N) is 6. The van der Waals surface area contributed by atoms with Crippen LogP contribution in [-0.4, -0.2) is 106 Å². The van der Waals surface area contributed by atoms with E-state index in [1.54, 1.807) is 43.0 Å². The molecule has 3 aliphatic heterocycles. The number of hydrogen-bond donors (Lipinski definition) is 1. The Morgan fingerprint density at radius 3 is 2.39 bits per heavy atom. The van der Waals surface area contributed by atoms with Crippen molar-refractivity contribution in [3.63, 3.8) is 0 Å². The van der Waals surface area contributed by atoms with E-state index < -0.39 is 27.5 Å². The average Bonchev–Trinajstić information content (AvgIpc) is 3.36. The third-order valence-electron chi connectivity index (χ3n) is 9.48. The molecule has 3 aliphatic rings. The van der Waals surface area contributed by atoms with E-state index in [-0.39, 0.29) is 52.1 Å². The number of urea groups is 1. The summed E-state index contributed by atoms with van der Waals surface area (Å²) in [6, 6.07) is 15.4. The molecule has 14 heteroatoms. The third kappa shape index (κ3) is 6.18. The Morgan fingerprint density at radius 1 is 0.980 bits per heavy atom. The summed E-state index contributed by atoms with van der Waals surface area (Å²) in [6.07, 6.45) is 3.02. The van der Waals surface area contributed by atoms with Gasteiger partial charge in [-0.1, -0.05) is 12.1 Å². The van der Waals surface area contributed by atoms with E-state index >= 15 is 4.79 Å². The number of para-hydroxylation sites is 1. The van der Waals surface area contributed by atoms with E-state index in [0.717, 1.165) is 39.0 Å². The number of likely N-dealkylation sites (tertiary alicyclic amines) is 1. The van der Waals surface area contributed by atoms with Crippen LogP contribution in [0.1, 0.15) is 43.4 Å². The standard InChI is InChI=1S/C35H41N7O6S/c1-4-47-30-10-6-7-11-31(30)49(45,46)42-29-13-12-25(24-36)23-28(29)35(33(42)43,27-9-8-16-37-32(27)48-5-2)38-34(44)41-17-14-26(15-18-41)40-21-19-39(3)20-22-40/h6-13,16,23,26H,4-5,14-15,17-22H2,1-3H3,(H,38,44). The van der Waals surface area contributed by atoms with Gasteiger partial charge in [-0.25, -0.2) is 18.2 Å². The van der Waals surface area contributed by atoms with Crippen molar-refractivity contribution in [3.8, 4) is 17.7 Å². The minimum atomic E-state index is -4.62. The zero-order chi connectivity index (χ0) is 34.8.